The fraction of sp³-hybridized carbons (Fsp3) is 0.806. The highest BCUT2D eigenvalue weighted by Gasteiger charge is 2.56. The van der Waals surface area contributed by atoms with Gasteiger partial charge in [-0.1, -0.05) is 39.3 Å². The monoisotopic (exact) mass is 650 g/mol. The van der Waals surface area contributed by atoms with Crippen LogP contribution in [0, 0.1) is 5.41 Å². The largest absolute Gasteiger partial charge is 0.444 e. The van der Waals surface area contributed by atoms with Gasteiger partial charge < -0.3 is 45.2 Å². The van der Waals surface area contributed by atoms with Crippen molar-refractivity contribution in [2.24, 2.45) is 10.6 Å². The molecule has 46 heavy (non-hydrogen) atoms. The number of nitrogens with one attached hydrogen (secondary N) is 4. The molecule has 258 valence electrons. The number of alkyl carbamates (subject to hydrolysis) is 1. The predicted molar refractivity (Wildman–Crippen MR) is 166 cm³/mol. The van der Waals surface area contributed by atoms with Crippen molar-refractivity contribution in [3.05, 3.63) is 0 Å². The second-order valence-electron chi connectivity index (χ2n) is 13.7. The van der Waals surface area contributed by atoms with Crippen molar-refractivity contribution in [3.8, 4) is 0 Å². The van der Waals surface area contributed by atoms with Gasteiger partial charge >= 0.3 is 6.09 Å². The van der Waals surface area contributed by atoms with Crippen LogP contribution in [0.5, 0.6) is 0 Å². The van der Waals surface area contributed by atoms with Gasteiger partial charge in [0.15, 0.2) is 11.7 Å². The van der Waals surface area contributed by atoms with E-state index < -0.39 is 59.3 Å². The maximum Gasteiger partial charge on any atom is 0.408 e. The van der Waals surface area contributed by atoms with Gasteiger partial charge in [0.2, 0.25) is 11.8 Å². The highest BCUT2D eigenvalue weighted by molar-refractivity contribution is 6.39. The summed E-state index contributed by atoms with van der Waals surface area (Å²) < 4.78 is 16.3. The zero-order chi connectivity index (χ0) is 33.6. The molecule has 0 aromatic rings. The number of hydrogen-bond donors (Lipinski definition) is 4. The minimum absolute atomic E-state index is 0.0441. The molecule has 15 heteroatoms. The molecule has 1 spiro atoms. The van der Waals surface area contributed by atoms with Crippen LogP contribution in [0.25, 0.3) is 0 Å². The van der Waals surface area contributed by atoms with Gasteiger partial charge in [-0.25, -0.2) is 4.79 Å². The number of nitrogens with zero attached hydrogens (tertiary/aromatic N) is 2. The minimum Gasteiger partial charge on any atom is -0.444 e. The lowest BCUT2D eigenvalue weighted by Gasteiger charge is -2.36. The first-order valence-corrected chi connectivity index (χ1v) is 16.3. The van der Waals surface area contributed by atoms with E-state index in [1.807, 2.05) is 6.92 Å². The zero-order valence-corrected chi connectivity index (χ0v) is 27.8. The van der Waals surface area contributed by atoms with Crippen LogP contribution in [-0.2, 0) is 38.2 Å². The quantitative estimate of drug-likeness (QED) is 0.223. The number of amides is 5. The Bertz CT molecular complexity index is 1180. The third-order valence-corrected chi connectivity index (χ3v) is 8.69. The summed E-state index contributed by atoms with van der Waals surface area (Å²) in [6, 6.07) is -2.67. The average Bonchev–Trinajstić information content (AvgIpc) is 3.34. The van der Waals surface area contributed by atoms with Crippen molar-refractivity contribution in [1.29, 1.82) is 0 Å². The molecule has 5 amide bonds. The number of carbonyl (C=O) groups excluding carboxylic acids is 5. The fourth-order valence-electron chi connectivity index (χ4n) is 6.09. The molecule has 4 rings (SSSR count). The molecule has 4 N–H and O–H groups in total. The summed E-state index contributed by atoms with van der Waals surface area (Å²) in [4.78, 5) is 74.2. The van der Waals surface area contributed by atoms with Crippen LogP contribution < -0.4 is 21.3 Å². The van der Waals surface area contributed by atoms with E-state index in [4.69, 9.17) is 19.0 Å². The Morgan fingerprint density at radius 2 is 1.85 bits per heavy atom. The van der Waals surface area contributed by atoms with Gasteiger partial charge in [0, 0.05) is 39.0 Å². The lowest BCUT2D eigenvalue weighted by atomic mass is 9.85. The van der Waals surface area contributed by atoms with Gasteiger partial charge in [-0.2, -0.15) is 0 Å². The van der Waals surface area contributed by atoms with Crippen LogP contribution in [0.4, 0.5) is 4.79 Å². The summed E-state index contributed by atoms with van der Waals surface area (Å²) in [5.41, 5.74) is -1.74. The molecule has 1 saturated carbocycles. The number of likely N-dealkylation sites (tertiary alicyclic amines) is 1. The third kappa shape index (κ3) is 8.66. The first-order valence-electron chi connectivity index (χ1n) is 16.3. The number of oxime groups is 1. The molecule has 0 aromatic carbocycles. The molecule has 3 aliphatic heterocycles. The first kappa shape index (κ1) is 35.4. The molecule has 0 radical (unpaired) electrons. The van der Waals surface area contributed by atoms with Crippen LogP contribution in [0.3, 0.4) is 0 Å². The molecule has 1 unspecified atom stereocenters. The average molecular weight is 651 g/mol. The highest BCUT2D eigenvalue weighted by atomic mass is 16.7. The zero-order valence-electron chi connectivity index (χ0n) is 27.8. The lowest BCUT2D eigenvalue weighted by Crippen LogP contribution is -2.60. The van der Waals surface area contributed by atoms with Crippen LogP contribution in [0.15, 0.2) is 5.16 Å². The molecule has 1 aliphatic carbocycles. The number of ether oxygens (including phenoxy) is 3. The Morgan fingerprint density at radius 3 is 2.43 bits per heavy atom. The Kier molecular flexibility index (Phi) is 11.5. The van der Waals surface area contributed by atoms with Gasteiger partial charge in [-0.3, -0.25) is 19.2 Å². The minimum atomic E-state index is -1.13. The van der Waals surface area contributed by atoms with Crippen molar-refractivity contribution in [2.45, 2.75) is 122 Å². The van der Waals surface area contributed by atoms with E-state index in [-0.39, 0.29) is 49.6 Å². The van der Waals surface area contributed by atoms with Crippen molar-refractivity contribution in [2.75, 3.05) is 33.4 Å². The lowest BCUT2D eigenvalue weighted by molar-refractivity contribution is -0.143. The van der Waals surface area contributed by atoms with Gasteiger partial charge in [-0.05, 0) is 31.6 Å². The maximum absolute atomic E-state index is 14.4. The van der Waals surface area contributed by atoms with E-state index in [9.17, 15) is 24.0 Å². The topological polar surface area (TPSA) is 186 Å². The molecular formula is C31H50N6O9. The Labute approximate surface area is 270 Å². The number of rotatable bonds is 13. The number of hydrogen-bond acceptors (Lipinski definition) is 10. The summed E-state index contributed by atoms with van der Waals surface area (Å²) in [7, 11) is 1.43. The maximum atomic E-state index is 14.4. The third-order valence-electron chi connectivity index (χ3n) is 8.69. The molecule has 3 heterocycles. The second kappa shape index (κ2) is 15.0. The number of carbonyl (C=O) groups is 5. The molecule has 3 fully saturated rings. The van der Waals surface area contributed by atoms with Crippen molar-refractivity contribution >= 4 is 35.4 Å². The fourth-order valence-corrected chi connectivity index (χ4v) is 6.09. The Balaban J connectivity index is 1.58. The smallest absolute Gasteiger partial charge is 0.408 e. The highest BCUT2D eigenvalue weighted by Crippen LogP contribution is 2.39. The van der Waals surface area contributed by atoms with E-state index in [1.165, 1.54) is 12.0 Å². The van der Waals surface area contributed by atoms with E-state index in [1.54, 1.807) is 27.7 Å². The molecule has 15 nitrogen and oxygen atoms in total. The van der Waals surface area contributed by atoms with Gasteiger partial charge in [0.1, 0.15) is 23.9 Å². The molecule has 0 aromatic heterocycles. The standard InChI is InChI=1S/C31H50N6O9/c1-7-9-20(23(43-6)27(40)33-18-10-11-18)34-26(39)22-15-31(14-21(36-46-31)25(38)32-8-2)17-37(22)28(41)24(30(3,4)5)35-29(42)45-19-12-13-44-16-19/h18-20,22-24H,7-17H2,1-6H3,(H,32,38)(H,33,40)(H,34,39)(H,35,42)/t19-,20-,22-,23?,24+,31+/m0/s1. The second-order valence-corrected chi connectivity index (χ2v) is 13.7. The van der Waals surface area contributed by atoms with Gasteiger partial charge in [0.25, 0.3) is 11.8 Å². The van der Waals surface area contributed by atoms with Crippen LogP contribution in [-0.4, -0.2) is 116 Å². The van der Waals surface area contributed by atoms with Crippen LogP contribution in [0.1, 0.15) is 79.6 Å². The van der Waals surface area contributed by atoms with E-state index in [0.717, 1.165) is 12.8 Å². The Hall–Kier alpha value is -3.46. The van der Waals surface area contributed by atoms with Crippen molar-refractivity contribution in [3.63, 3.8) is 0 Å². The SMILES string of the molecule is CCC[C@H](NC(=O)[C@@H]1C[C@]2(CC(C(=O)NCC)=NO2)CN1C(=O)[C@@H](NC(=O)O[C@H]1CCOC1)C(C)(C)C)C(OC)C(=O)NC1CC1. The van der Waals surface area contributed by atoms with E-state index in [0.29, 0.717) is 32.4 Å². The summed E-state index contributed by atoms with van der Waals surface area (Å²) in [5.74, 6) is -1.70. The predicted octanol–water partition coefficient (Wildman–Crippen LogP) is 0.747. The van der Waals surface area contributed by atoms with Crippen LogP contribution in [0.2, 0.25) is 0 Å². The molecule has 2 saturated heterocycles. The van der Waals surface area contributed by atoms with Crippen LogP contribution >= 0.6 is 0 Å². The summed E-state index contributed by atoms with van der Waals surface area (Å²) >= 11 is 0. The van der Waals surface area contributed by atoms with Crippen molar-refractivity contribution in [1.82, 2.24) is 26.2 Å². The summed E-state index contributed by atoms with van der Waals surface area (Å²) in [5, 5.41) is 15.4. The molecule has 6 atom stereocenters. The number of methoxy groups -OCH3 is 1. The van der Waals surface area contributed by atoms with E-state index in [2.05, 4.69) is 26.4 Å². The summed E-state index contributed by atoms with van der Waals surface area (Å²) in [6.07, 6.45) is 1.51. The van der Waals surface area contributed by atoms with Gasteiger partial charge in [0.05, 0.1) is 25.8 Å². The first-order chi connectivity index (χ1) is 21.8. The normalized spacial score (nSPS) is 26.0. The Morgan fingerprint density at radius 1 is 1.11 bits per heavy atom. The van der Waals surface area contributed by atoms with Gasteiger partial charge in [-0.15, -0.1) is 0 Å². The molecular weight excluding hydrogens is 600 g/mol. The molecule has 4 aliphatic rings. The summed E-state index contributed by atoms with van der Waals surface area (Å²) in [6.45, 7) is 10.2. The van der Waals surface area contributed by atoms with E-state index >= 15 is 0 Å². The molecule has 0 bridgehead atoms. The van der Waals surface area contributed by atoms with Crippen molar-refractivity contribution < 1.29 is 43.0 Å².